The van der Waals surface area contributed by atoms with Gasteiger partial charge in [0.2, 0.25) is 0 Å². The molecule has 37 heavy (non-hydrogen) atoms. The fourth-order valence-corrected chi connectivity index (χ4v) is 7.29. The Morgan fingerprint density at radius 1 is 1.22 bits per heavy atom. The molecule has 2 amide bonds. The van der Waals surface area contributed by atoms with Gasteiger partial charge in [-0.1, -0.05) is 33.8 Å². The molecule has 202 valence electrons. The molecule has 0 spiro atoms. The summed E-state index contributed by atoms with van der Waals surface area (Å²) in [6.07, 6.45) is 6.35. The second-order valence-electron chi connectivity index (χ2n) is 12.6. The molecule has 1 saturated heterocycles. The fraction of sp³-hybridized carbons (Fsp3) is 0.690. The van der Waals surface area contributed by atoms with Crippen LogP contribution < -0.4 is 10.6 Å². The first kappa shape index (κ1) is 26.2. The molecule has 1 unspecified atom stereocenters. The molecule has 3 heterocycles. The Kier molecular flexibility index (Phi) is 7.09. The highest BCUT2D eigenvalue weighted by molar-refractivity contribution is 5.95. The molecule has 2 aromatic heterocycles. The van der Waals surface area contributed by atoms with Gasteiger partial charge in [-0.05, 0) is 72.9 Å². The van der Waals surface area contributed by atoms with Crippen molar-refractivity contribution in [2.45, 2.75) is 59.4 Å². The summed E-state index contributed by atoms with van der Waals surface area (Å²) in [6.45, 7) is 12.5. The number of pyridine rings is 1. The summed E-state index contributed by atoms with van der Waals surface area (Å²) in [6, 6.07) is 5.57. The van der Waals surface area contributed by atoms with E-state index >= 15 is 0 Å². The standard InChI is InChI=1S/C29H43N5O3/c1-28(2)18-30-12-11-24(28)33(13-14-37-5)27(36)22-17-34-23(7-6-8-25(34)32-22)26(35)31-16-19-9-10-20-15-21(19)29(20,3)4/h6-8,17,19-21,24,30H,9-16,18H2,1-5H3,(H,31,35)/t19-,20-,21-,24?/m0/s1. The summed E-state index contributed by atoms with van der Waals surface area (Å²) < 4.78 is 7.10. The Hall–Kier alpha value is -2.45. The molecule has 3 aliphatic carbocycles. The normalized spacial score (nSPS) is 27.9. The van der Waals surface area contributed by atoms with Gasteiger partial charge in [0, 0.05) is 39.0 Å². The SMILES string of the molecule is COCCN(C(=O)c1cn2c(C(=O)NC[C@@H]3CC[C@H]4C[C@@H]3C4(C)C)cccc2n1)C1CCNCC1(C)C. The van der Waals surface area contributed by atoms with Gasteiger partial charge in [-0.3, -0.25) is 14.0 Å². The lowest BCUT2D eigenvalue weighted by Crippen LogP contribution is -2.57. The highest BCUT2D eigenvalue weighted by atomic mass is 16.5. The van der Waals surface area contributed by atoms with Gasteiger partial charge < -0.3 is 20.3 Å². The van der Waals surface area contributed by atoms with Crippen molar-refractivity contribution in [3.8, 4) is 0 Å². The zero-order chi connectivity index (χ0) is 26.4. The Balaban J connectivity index is 1.34. The van der Waals surface area contributed by atoms with Crippen molar-refractivity contribution in [2.75, 3.05) is 39.9 Å². The van der Waals surface area contributed by atoms with Crippen molar-refractivity contribution >= 4 is 17.5 Å². The first-order chi connectivity index (χ1) is 17.6. The van der Waals surface area contributed by atoms with E-state index in [1.807, 2.05) is 17.0 Å². The van der Waals surface area contributed by atoms with Gasteiger partial charge >= 0.3 is 0 Å². The van der Waals surface area contributed by atoms with Gasteiger partial charge in [0.1, 0.15) is 17.0 Å². The van der Waals surface area contributed by atoms with Crippen LogP contribution in [0.4, 0.5) is 0 Å². The molecule has 8 heteroatoms. The number of fused-ring (bicyclic) bond motifs is 3. The largest absolute Gasteiger partial charge is 0.383 e. The van der Waals surface area contributed by atoms with Gasteiger partial charge in [-0.15, -0.1) is 0 Å². The number of imidazole rings is 1. The third kappa shape index (κ3) is 4.78. The summed E-state index contributed by atoms with van der Waals surface area (Å²) >= 11 is 0. The summed E-state index contributed by atoms with van der Waals surface area (Å²) in [5, 5.41) is 6.65. The van der Waals surface area contributed by atoms with E-state index < -0.39 is 0 Å². The number of amides is 2. The number of carbonyl (C=O) groups excluding carboxylic acids is 2. The lowest BCUT2D eigenvalue weighted by Gasteiger charge is -2.60. The molecule has 2 aromatic rings. The van der Waals surface area contributed by atoms with Crippen molar-refractivity contribution in [1.29, 1.82) is 0 Å². The summed E-state index contributed by atoms with van der Waals surface area (Å²) in [5.41, 5.74) is 1.80. The van der Waals surface area contributed by atoms with Gasteiger partial charge in [-0.2, -0.15) is 0 Å². The minimum Gasteiger partial charge on any atom is -0.383 e. The number of ether oxygens (including phenoxy) is 1. The number of nitrogens with zero attached hydrogens (tertiary/aromatic N) is 3. The summed E-state index contributed by atoms with van der Waals surface area (Å²) in [7, 11) is 1.66. The van der Waals surface area contributed by atoms with Crippen LogP contribution in [0.2, 0.25) is 0 Å². The number of methoxy groups -OCH3 is 1. The van der Waals surface area contributed by atoms with Gasteiger partial charge in [-0.25, -0.2) is 4.98 Å². The molecule has 4 aliphatic rings. The van der Waals surface area contributed by atoms with E-state index in [2.05, 4.69) is 43.3 Å². The average Bonchev–Trinajstić information content (AvgIpc) is 3.32. The Morgan fingerprint density at radius 3 is 2.73 bits per heavy atom. The van der Waals surface area contributed by atoms with Crippen LogP contribution in [0.1, 0.15) is 74.4 Å². The second kappa shape index (κ2) is 10.0. The minimum atomic E-state index is -0.115. The number of nitrogens with one attached hydrogen (secondary N) is 2. The van der Waals surface area contributed by atoms with Crippen LogP contribution in [-0.2, 0) is 4.74 Å². The average molecular weight is 510 g/mol. The molecule has 4 atom stereocenters. The van der Waals surface area contributed by atoms with E-state index in [0.29, 0.717) is 54.0 Å². The van der Waals surface area contributed by atoms with Crippen molar-refractivity contribution in [2.24, 2.45) is 28.6 Å². The van der Waals surface area contributed by atoms with Gasteiger partial charge in [0.15, 0.2) is 0 Å². The maximum Gasteiger partial charge on any atom is 0.274 e. The zero-order valence-corrected chi connectivity index (χ0v) is 23.0. The third-order valence-corrected chi connectivity index (χ3v) is 9.72. The topological polar surface area (TPSA) is 88.0 Å². The first-order valence-corrected chi connectivity index (χ1v) is 13.9. The van der Waals surface area contributed by atoms with E-state index in [-0.39, 0.29) is 23.3 Å². The third-order valence-electron chi connectivity index (χ3n) is 9.72. The molecule has 8 nitrogen and oxygen atoms in total. The van der Waals surface area contributed by atoms with Crippen molar-refractivity contribution in [3.05, 3.63) is 35.8 Å². The highest BCUT2D eigenvalue weighted by Crippen LogP contribution is 2.61. The molecule has 0 aromatic carbocycles. The molecule has 1 aliphatic heterocycles. The van der Waals surface area contributed by atoms with Gasteiger partial charge in [0.05, 0.1) is 6.61 Å². The number of piperidine rings is 1. The number of aromatic nitrogens is 2. The van der Waals surface area contributed by atoms with Crippen LogP contribution in [0, 0.1) is 28.6 Å². The maximum absolute atomic E-state index is 13.8. The van der Waals surface area contributed by atoms with E-state index in [1.54, 1.807) is 23.8 Å². The molecule has 0 radical (unpaired) electrons. The molecular weight excluding hydrogens is 466 g/mol. The van der Waals surface area contributed by atoms with Crippen LogP contribution in [0.5, 0.6) is 0 Å². The Labute approximate surface area is 220 Å². The van der Waals surface area contributed by atoms with Crippen LogP contribution in [0.3, 0.4) is 0 Å². The zero-order valence-electron chi connectivity index (χ0n) is 23.0. The van der Waals surface area contributed by atoms with Gasteiger partial charge in [0.25, 0.3) is 11.8 Å². The first-order valence-electron chi connectivity index (χ1n) is 13.9. The predicted molar refractivity (Wildman–Crippen MR) is 144 cm³/mol. The van der Waals surface area contributed by atoms with E-state index in [0.717, 1.165) is 25.4 Å². The van der Waals surface area contributed by atoms with Crippen molar-refractivity contribution < 1.29 is 14.3 Å². The number of carbonyl (C=O) groups is 2. The maximum atomic E-state index is 13.8. The van der Waals surface area contributed by atoms with E-state index in [4.69, 9.17) is 4.74 Å². The molecular formula is C29H43N5O3. The second-order valence-corrected chi connectivity index (χ2v) is 12.6. The van der Waals surface area contributed by atoms with Crippen molar-refractivity contribution in [3.63, 3.8) is 0 Å². The van der Waals surface area contributed by atoms with Crippen LogP contribution in [0.15, 0.2) is 24.4 Å². The predicted octanol–water partition coefficient (Wildman–Crippen LogP) is 3.61. The Bertz CT molecular complexity index is 1150. The quantitative estimate of drug-likeness (QED) is 0.568. The molecule has 2 bridgehead atoms. The monoisotopic (exact) mass is 509 g/mol. The highest BCUT2D eigenvalue weighted by Gasteiger charge is 2.54. The number of rotatable bonds is 8. The van der Waals surface area contributed by atoms with Crippen LogP contribution >= 0.6 is 0 Å². The smallest absolute Gasteiger partial charge is 0.274 e. The summed E-state index contributed by atoms with van der Waals surface area (Å²) in [4.78, 5) is 33.7. The van der Waals surface area contributed by atoms with Crippen LogP contribution in [-0.4, -0.2) is 72.0 Å². The van der Waals surface area contributed by atoms with E-state index in [9.17, 15) is 9.59 Å². The lowest BCUT2D eigenvalue weighted by molar-refractivity contribution is -0.103. The summed E-state index contributed by atoms with van der Waals surface area (Å²) in [5.74, 6) is 1.84. The lowest BCUT2D eigenvalue weighted by atomic mass is 9.45. The number of hydrogen-bond donors (Lipinski definition) is 2. The minimum absolute atomic E-state index is 0.0694. The van der Waals surface area contributed by atoms with E-state index in [1.165, 1.54) is 19.3 Å². The molecule has 3 saturated carbocycles. The number of hydrogen-bond acceptors (Lipinski definition) is 5. The van der Waals surface area contributed by atoms with Crippen molar-refractivity contribution in [1.82, 2.24) is 24.9 Å². The Morgan fingerprint density at radius 2 is 2.03 bits per heavy atom. The fourth-order valence-electron chi connectivity index (χ4n) is 7.29. The molecule has 6 rings (SSSR count). The van der Waals surface area contributed by atoms with Crippen LogP contribution in [0.25, 0.3) is 5.65 Å². The molecule has 4 fully saturated rings. The molecule has 2 N–H and O–H groups in total.